The van der Waals surface area contributed by atoms with E-state index in [9.17, 15) is 4.79 Å². The predicted molar refractivity (Wildman–Crippen MR) is 101 cm³/mol. The smallest absolute Gasteiger partial charge is 0.269 e. The van der Waals surface area contributed by atoms with Gasteiger partial charge in [0.05, 0.1) is 0 Å². The van der Waals surface area contributed by atoms with Crippen LogP contribution in [-0.2, 0) is 0 Å². The van der Waals surface area contributed by atoms with Gasteiger partial charge >= 0.3 is 0 Å². The number of benzene rings is 1. The third kappa shape index (κ3) is 4.00. The number of nitrogens with one attached hydrogen (secondary N) is 1. The molecule has 0 aliphatic rings. The summed E-state index contributed by atoms with van der Waals surface area (Å²) in [6, 6.07) is 10.4. The lowest BCUT2D eigenvalue weighted by Crippen LogP contribution is -2.18. The van der Waals surface area contributed by atoms with Crippen LogP contribution in [0, 0.1) is 18.3 Å². The van der Waals surface area contributed by atoms with Gasteiger partial charge in [-0.1, -0.05) is 17.7 Å². The SMILES string of the molecule is CNC(=O)c1cc(Oc2cccc(Oc3snc(Cl)c3C#N)c2C)ccn1. The topological polar surface area (TPSA) is 97.1 Å². The van der Waals surface area contributed by atoms with Crippen LogP contribution in [0.1, 0.15) is 21.6 Å². The van der Waals surface area contributed by atoms with E-state index in [-0.39, 0.29) is 22.3 Å². The monoisotopic (exact) mass is 400 g/mol. The zero-order valence-electron chi connectivity index (χ0n) is 14.3. The van der Waals surface area contributed by atoms with E-state index in [2.05, 4.69) is 14.7 Å². The van der Waals surface area contributed by atoms with Crippen molar-refractivity contribution >= 4 is 29.0 Å². The molecular formula is C18H13ClN4O3S. The van der Waals surface area contributed by atoms with Gasteiger partial charge in [-0.15, -0.1) is 0 Å². The molecule has 0 bridgehead atoms. The maximum absolute atomic E-state index is 11.7. The number of carbonyl (C=O) groups is 1. The minimum Gasteiger partial charge on any atom is -0.457 e. The van der Waals surface area contributed by atoms with Crippen LogP contribution in [0.5, 0.6) is 22.3 Å². The highest BCUT2D eigenvalue weighted by molar-refractivity contribution is 7.08. The van der Waals surface area contributed by atoms with Gasteiger partial charge in [0.25, 0.3) is 5.91 Å². The summed E-state index contributed by atoms with van der Waals surface area (Å²) < 4.78 is 15.6. The van der Waals surface area contributed by atoms with Gasteiger partial charge in [-0.25, -0.2) is 0 Å². The summed E-state index contributed by atoms with van der Waals surface area (Å²) in [6.45, 7) is 1.82. The highest BCUT2D eigenvalue weighted by atomic mass is 35.5. The zero-order valence-corrected chi connectivity index (χ0v) is 15.9. The van der Waals surface area contributed by atoms with Gasteiger partial charge in [0.15, 0.2) is 5.15 Å². The first-order valence-corrected chi connectivity index (χ1v) is 8.87. The second-order valence-electron chi connectivity index (χ2n) is 5.29. The van der Waals surface area contributed by atoms with E-state index in [0.717, 1.165) is 11.5 Å². The van der Waals surface area contributed by atoms with E-state index in [1.54, 1.807) is 30.3 Å². The number of nitriles is 1. The van der Waals surface area contributed by atoms with Crippen molar-refractivity contribution in [2.24, 2.45) is 0 Å². The summed E-state index contributed by atoms with van der Waals surface area (Å²) >= 11 is 6.88. The molecule has 27 heavy (non-hydrogen) atoms. The molecule has 0 aliphatic carbocycles. The van der Waals surface area contributed by atoms with E-state index in [1.807, 2.05) is 13.0 Å². The second kappa shape index (κ2) is 8.03. The number of rotatable bonds is 5. The van der Waals surface area contributed by atoms with Crippen molar-refractivity contribution < 1.29 is 14.3 Å². The minimum atomic E-state index is -0.305. The van der Waals surface area contributed by atoms with Crippen molar-refractivity contribution in [3.63, 3.8) is 0 Å². The number of ether oxygens (including phenoxy) is 2. The van der Waals surface area contributed by atoms with Crippen LogP contribution in [0.4, 0.5) is 0 Å². The minimum absolute atomic E-state index is 0.112. The normalized spacial score (nSPS) is 10.1. The van der Waals surface area contributed by atoms with Crippen molar-refractivity contribution in [1.82, 2.24) is 14.7 Å². The van der Waals surface area contributed by atoms with Crippen molar-refractivity contribution in [2.45, 2.75) is 6.92 Å². The molecule has 0 radical (unpaired) electrons. The first kappa shape index (κ1) is 18.6. The maximum Gasteiger partial charge on any atom is 0.269 e. The van der Waals surface area contributed by atoms with Crippen molar-refractivity contribution in [2.75, 3.05) is 7.05 Å². The van der Waals surface area contributed by atoms with Crippen LogP contribution >= 0.6 is 23.1 Å². The molecule has 3 aromatic rings. The highest BCUT2D eigenvalue weighted by Gasteiger charge is 2.16. The predicted octanol–water partition coefficient (Wildman–Crippen LogP) is 4.32. The lowest BCUT2D eigenvalue weighted by molar-refractivity contribution is 0.0958. The van der Waals surface area contributed by atoms with Gasteiger partial charge in [-0.2, -0.15) is 9.64 Å². The molecule has 7 nitrogen and oxygen atoms in total. The van der Waals surface area contributed by atoms with Crippen LogP contribution in [0.3, 0.4) is 0 Å². The molecule has 136 valence electrons. The summed E-state index contributed by atoms with van der Waals surface area (Å²) in [7, 11) is 1.53. The molecular weight excluding hydrogens is 388 g/mol. The van der Waals surface area contributed by atoms with E-state index < -0.39 is 0 Å². The molecule has 0 fully saturated rings. The molecule has 0 atom stereocenters. The third-order valence-electron chi connectivity index (χ3n) is 3.59. The van der Waals surface area contributed by atoms with Crippen LogP contribution < -0.4 is 14.8 Å². The fourth-order valence-electron chi connectivity index (χ4n) is 2.19. The zero-order chi connectivity index (χ0) is 19.4. The summed E-state index contributed by atoms with van der Waals surface area (Å²) in [5, 5.41) is 12.1. The molecule has 1 amide bonds. The fraction of sp³-hybridized carbons (Fsp3) is 0.111. The number of amides is 1. The Bertz CT molecular complexity index is 1050. The summed E-state index contributed by atoms with van der Waals surface area (Å²) in [5.74, 6) is 1.20. The van der Waals surface area contributed by atoms with Gasteiger partial charge in [0.2, 0.25) is 5.06 Å². The van der Waals surface area contributed by atoms with Gasteiger partial charge in [0.1, 0.15) is 34.6 Å². The second-order valence-corrected chi connectivity index (χ2v) is 6.38. The number of aromatic nitrogens is 2. The Balaban J connectivity index is 1.87. The molecule has 0 saturated carbocycles. The third-order valence-corrected chi connectivity index (χ3v) is 4.69. The Hall–Kier alpha value is -3.15. The molecule has 0 unspecified atom stereocenters. The number of carbonyl (C=O) groups excluding carboxylic acids is 1. The van der Waals surface area contributed by atoms with E-state index in [4.69, 9.17) is 26.3 Å². The molecule has 1 aromatic carbocycles. The number of halogens is 1. The standard InChI is InChI=1S/C18H13ClN4O3S/c1-10-14(25-11-6-7-22-13(8-11)17(24)21-2)4-3-5-15(10)26-18-12(9-20)16(19)23-27-18/h3-8H,1-2H3,(H,21,24). The first-order chi connectivity index (χ1) is 13.0. The molecule has 2 heterocycles. The molecule has 3 rings (SSSR count). The van der Waals surface area contributed by atoms with Crippen molar-refractivity contribution in [3.05, 3.63) is 58.5 Å². The van der Waals surface area contributed by atoms with Crippen molar-refractivity contribution in [1.29, 1.82) is 5.26 Å². The van der Waals surface area contributed by atoms with Crippen molar-refractivity contribution in [3.8, 4) is 28.4 Å². The molecule has 0 spiro atoms. The first-order valence-electron chi connectivity index (χ1n) is 7.72. The van der Waals surface area contributed by atoms with Gasteiger partial charge < -0.3 is 14.8 Å². The lowest BCUT2D eigenvalue weighted by atomic mass is 10.2. The average molecular weight is 401 g/mol. The summed E-state index contributed by atoms with van der Waals surface area (Å²) in [6.07, 6.45) is 1.49. The Morgan fingerprint density at radius 2 is 2.04 bits per heavy atom. The Labute approximate surface area is 164 Å². The van der Waals surface area contributed by atoms with Crippen LogP contribution in [-0.4, -0.2) is 22.3 Å². The number of hydrogen-bond donors (Lipinski definition) is 1. The molecule has 0 aliphatic heterocycles. The molecule has 9 heteroatoms. The van der Waals surface area contributed by atoms with Gasteiger partial charge in [0, 0.05) is 36.4 Å². The van der Waals surface area contributed by atoms with Gasteiger partial charge in [-0.3, -0.25) is 9.78 Å². The van der Waals surface area contributed by atoms with Crippen LogP contribution in [0.25, 0.3) is 0 Å². The van der Waals surface area contributed by atoms with E-state index in [1.165, 1.54) is 13.2 Å². The fourth-order valence-corrected chi connectivity index (χ4v) is 3.09. The number of nitrogens with zero attached hydrogens (tertiary/aromatic N) is 3. The number of hydrogen-bond acceptors (Lipinski definition) is 7. The van der Waals surface area contributed by atoms with E-state index >= 15 is 0 Å². The Morgan fingerprint density at radius 3 is 2.74 bits per heavy atom. The molecule has 0 saturated heterocycles. The Kier molecular flexibility index (Phi) is 5.54. The van der Waals surface area contributed by atoms with Crippen LogP contribution in [0.15, 0.2) is 36.5 Å². The quantitative estimate of drug-likeness (QED) is 0.685. The van der Waals surface area contributed by atoms with Gasteiger partial charge in [-0.05, 0) is 25.1 Å². The lowest BCUT2D eigenvalue weighted by Gasteiger charge is -2.13. The maximum atomic E-state index is 11.7. The largest absolute Gasteiger partial charge is 0.457 e. The average Bonchev–Trinajstić information content (AvgIpc) is 3.03. The van der Waals surface area contributed by atoms with E-state index in [0.29, 0.717) is 27.9 Å². The molecule has 2 aromatic heterocycles. The Morgan fingerprint density at radius 1 is 1.30 bits per heavy atom. The molecule has 1 N–H and O–H groups in total. The summed E-state index contributed by atoms with van der Waals surface area (Å²) in [4.78, 5) is 15.7. The number of pyridine rings is 1. The summed E-state index contributed by atoms with van der Waals surface area (Å²) in [5.41, 5.74) is 1.15. The highest BCUT2D eigenvalue weighted by Crippen LogP contribution is 2.38. The van der Waals surface area contributed by atoms with Crippen LogP contribution in [0.2, 0.25) is 5.15 Å².